The van der Waals surface area contributed by atoms with Crippen LogP contribution in [0.3, 0.4) is 0 Å². The minimum atomic E-state index is -4.75. The van der Waals surface area contributed by atoms with Gasteiger partial charge in [-0.3, -0.25) is 9.36 Å². The molecule has 2 atom stereocenters. The summed E-state index contributed by atoms with van der Waals surface area (Å²) in [5.74, 6) is -4.88. The normalized spacial score (nSPS) is 17.3. The zero-order valence-electron chi connectivity index (χ0n) is 20.8. The third-order valence-corrected chi connectivity index (χ3v) is 5.92. The van der Waals surface area contributed by atoms with Crippen molar-refractivity contribution in [2.45, 2.75) is 44.6 Å². The van der Waals surface area contributed by atoms with E-state index in [1.165, 1.54) is 14.2 Å². The summed E-state index contributed by atoms with van der Waals surface area (Å²) in [5, 5.41) is 7.48. The lowest BCUT2D eigenvalue weighted by Crippen LogP contribution is -2.19. The molecule has 2 heterocycles. The van der Waals surface area contributed by atoms with Crippen molar-refractivity contribution in [1.29, 1.82) is 0 Å². The molecule has 4 rings (SSSR count). The number of esters is 1. The van der Waals surface area contributed by atoms with Crippen LogP contribution >= 0.6 is 0 Å². The average Bonchev–Trinajstić information content (AvgIpc) is 3.26. The maximum atomic E-state index is 14.6. The van der Waals surface area contributed by atoms with Gasteiger partial charge in [0.25, 0.3) is 0 Å². The average molecular weight is 541 g/mol. The van der Waals surface area contributed by atoms with Crippen LogP contribution in [0.1, 0.15) is 60.8 Å². The molecule has 0 fully saturated rings. The van der Waals surface area contributed by atoms with Crippen LogP contribution < -0.4 is 9.47 Å². The van der Waals surface area contributed by atoms with Crippen molar-refractivity contribution in [3.63, 3.8) is 0 Å². The first-order valence-electron chi connectivity index (χ1n) is 11.5. The number of rotatable bonds is 7. The van der Waals surface area contributed by atoms with Gasteiger partial charge < -0.3 is 18.9 Å². The van der Waals surface area contributed by atoms with E-state index in [2.05, 4.69) is 10.2 Å². The number of halogens is 5. The molecule has 13 heteroatoms. The number of fused-ring (bicyclic) bond motifs is 3. The van der Waals surface area contributed by atoms with Crippen LogP contribution in [0.4, 0.5) is 22.0 Å². The van der Waals surface area contributed by atoms with Gasteiger partial charge in [-0.1, -0.05) is 12.1 Å². The minimum absolute atomic E-state index is 0.0405. The molecular formula is C25H24F5N3O5. The number of methoxy groups -OCH3 is 2. The molecular weight excluding hydrogens is 517 g/mol. The highest BCUT2D eigenvalue weighted by atomic mass is 19.4. The van der Waals surface area contributed by atoms with Crippen molar-refractivity contribution in [3.8, 4) is 17.2 Å². The van der Waals surface area contributed by atoms with Crippen molar-refractivity contribution in [1.82, 2.24) is 14.8 Å². The fourth-order valence-electron chi connectivity index (χ4n) is 4.34. The number of hydrogen-bond donors (Lipinski definition) is 0. The molecule has 0 saturated heterocycles. The van der Waals surface area contributed by atoms with Gasteiger partial charge in [0, 0.05) is 18.1 Å². The van der Waals surface area contributed by atoms with Crippen molar-refractivity contribution in [3.05, 3.63) is 64.7 Å². The van der Waals surface area contributed by atoms with Crippen molar-refractivity contribution < 1.29 is 45.7 Å². The molecule has 204 valence electrons. The van der Waals surface area contributed by atoms with Gasteiger partial charge in [-0.2, -0.15) is 22.0 Å². The number of carbonyl (C=O) groups is 1. The van der Waals surface area contributed by atoms with Crippen molar-refractivity contribution in [2.75, 3.05) is 20.8 Å². The number of aromatic nitrogens is 3. The molecule has 1 aromatic heterocycles. The third-order valence-electron chi connectivity index (χ3n) is 5.92. The van der Waals surface area contributed by atoms with Gasteiger partial charge in [-0.15, -0.1) is 10.2 Å². The van der Waals surface area contributed by atoms with E-state index in [1.807, 2.05) is 0 Å². The molecule has 2 aromatic carbocycles. The van der Waals surface area contributed by atoms with E-state index in [1.54, 1.807) is 25.1 Å². The third kappa shape index (κ3) is 5.02. The summed E-state index contributed by atoms with van der Waals surface area (Å²) in [7, 11) is 2.72. The highest BCUT2D eigenvalue weighted by Crippen LogP contribution is 2.47. The van der Waals surface area contributed by atoms with Crippen molar-refractivity contribution in [2.24, 2.45) is 0 Å². The maximum absolute atomic E-state index is 14.6. The lowest BCUT2D eigenvalue weighted by Gasteiger charge is -2.25. The lowest BCUT2D eigenvalue weighted by molar-refractivity contribution is -0.147. The van der Waals surface area contributed by atoms with Crippen molar-refractivity contribution >= 4 is 5.97 Å². The molecule has 0 radical (unpaired) electrons. The van der Waals surface area contributed by atoms with Gasteiger partial charge in [-0.25, -0.2) is 0 Å². The van der Waals surface area contributed by atoms with E-state index < -0.39 is 48.1 Å². The molecule has 38 heavy (non-hydrogen) atoms. The Morgan fingerprint density at radius 2 is 1.79 bits per heavy atom. The van der Waals surface area contributed by atoms with Gasteiger partial charge in [0.05, 0.1) is 38.5 Å². The SMILES string of the molecule is CCOC(=O)C[C@@H]1O[C@@H](c2cccc(OC)c2OC)c2cc(C(F)(F)F)ccc2-n2c1nnc2C(C)(F)F. The Morgan fingerprint density at radius 3 is 2.39 bits per heavy atom. The topological polar surface area (TPSA) is 84.7 Å². The first kappa shape index (κ1) is 27.3. The summed E-state index contributed by atoms with van der Waals surface area (Å²) in [6.07, 6.45) is -7.86. The van der Waals surface area contributed by atoms with Gasteiger partial charge >= 0.3 is 18.1 Å². The van der Waals surface area contributed by atoms with E-state index >= 15 is 0 Å². The molecule has 1 aliphatic heterocycles. The molecule has 0 saturated carbocycles. The standard InChI is InChI=1S/C25H24F5N3O5/c1-5-37-19(34)12-18-22-31-32-23(24(2,26)27)33(22)16-10-9-13(25(28,29)30)11-15(16)20(38-18)14-7-6-8-17(35-3)21(14)36-4/h6-11,18,20H,5,12H2,1-4H3/t18-,20-/m0/s1. The van der Waals surface area contributed by atoms with Crippen LogP contribution in [0.25, 0.3) is 5.69 Å². The summed E-state index contributed by atoms with van der Waals surface area (Å²) < 4.78 is 93.7. The summed E-state index contributed by atoms with van der Waals surface area (Å²) in [4.78, 5) is 12.5. The largest absolute Gasteiger partial charge is 0.493 e. The number of para-hydroxylation sites is 1. The number of benzene rings is 2. The molecule has 3 aromatic rings. The van der Waals surface area contributed by atoms with E-state index in [0.29, 0.717) is 6.92 Å². The number of alkyl halides is 5. The Labute approximate surface area is 214 Å². The number of carbonyl (C=O) groups excluding carboxylic acids is 1. The Morgan fingerprint density at radius 1 is 1.05 bits per heavy atom. The van der Waals surface area contributed by atoms with Crippen LogP contribution in [0.5, 0.6) is 11.5 Å². The highest BCUT2D eigenvalue weighted by Gasteiger charge is 2.42. The van der Waals surface area contributed by atoms with Crippen LogP contribution in [-0.4, -0.2) is 41.6 Å². The number of nitrogens with zero attached hydrogens (tertiary/aromatic N) is 3. The monoisotopic (exact) mass is 541 g/mol. The molecule has 0 amide bonds. The maximum Gasteiger partial charge on any atom is 0.416 e. The van der Waals surface area contributed by atoms with E-state index in [-0.39, 0.29) is 40.7 Å². The molecule has 8 nitrogen and oxygen atoms in total. The predicted octanol–water partition coefficient (Wildman–Crippen LogP) is 5.53. The smallest absolute Gasteiger partial charge is 0.416 e. The molecule has 0 aliphatic carbocycles. The van der Waals surface area contributed by atoms with Gasteiger partial charge in [0.15, 0.2) is 17.3 Å². The second kappa shape index (κ2) is 10.2. The number of hydrogen-bond acceptors (Lipinski definition) is 7. The fourth-order valence-corrected chi connectivity index (χ4v) is 4.34. The Kier molecular flexibility index (Phi) is 7.33. The Balaban J connectivity index is 2.05. The van der Waals surface area contributed by atoms with Crippen LogP contribution in [-0.2, 0) is 26.4 Å². The Bertz CT molecular complexity index is 1340. The first-order valence-corrected chi connectivity index (χ1v) is 11.5. The second-order valence-electron chi connectivity index (χ2n) is 8.47. The molecule has 0 N–H and O–H groups in total. The van der Waals surface area contributed by atoms with Crippen LogP contribution in [0.15, 0.2) is 36.4 Å². The van der Waals surface area contributed by atoms with E-state index in [9.17, 15) is 26.7 Å². The second-order valence-corrected chi connectivity index (χ2v) is 8.47. The summed E-state index contributed by atoms with van der Waals surface area (Å²) >= 11 is 0. The molecule has 0 unspecified atom stereocenters. The van der Waals surface area contributed by atoms with Gasteiger partial charge in [0.1, 0.15) is 12.2 Å². The zero-order valence-corrected chi connectivity index (χ0v) is 20.8. The number of ether oxygens (including phenoxy) is 4. The lowest BCUT2D eigenvalue weighted by atomic mass is 9.96. The quantitative estimate of drug-likeness (QED) is 0.287. The molecule has 1 aliphatic rings. The zero-order chi connectivity index (χ0) is 27.8. The van der Waals surface area contributed by atoms with Gasteiger partial charge in [-0.05, 0) is 31.2 Å². The fraction of sp³-hybridized carbons (Fsp3) is 0.400. The minimum Gasteiger partial charge on any atom is -0.493 e. The Hall–Kier alpha value is -3.74. The van der Waals surface area contributed by atoms with E-state index in [0.717, 1.165) is 22.8 Å². The highest BCUT2D eigenvalue weighted by molar-refractivity contribution is 5.70. The predicted molar refractivity (Wildman–Crippen MR) is 122 cm³/mol. The summed E-state index contributed by atoms with van der Waals surface area (Å²) in [5.41, 5.74) is -0.986. The van der Waals surface area contributed by atoms with Gasteiger partial charge in [0.2, 0.25) is 5.82 Å². The van der Waals surface area contributed by atoms with E-state index in [4.69, 9.17) is 18.9 Å². The van der Waals surface area contributed by atoms with Crippen LogP contribution in [0.2, 0.25) is 0 Å². The summed E-state index contributed by atoms with van der Waals surface area (Å²) in [6.45, 7) is 2.21. The molecule has 0 bridgehead atoms. The first-order chi connectivity index (χ1) is 17.9. The van der Waals surface area contributed by atoms with Crippen LogP contribution in [0, 0.1) is 0 Å². The summed E-state index contributed by atoms with van der Waals surface area (Å²) in [6, 6.07) is 7.32. The molecule has 0 spiro atoms.